The van der Waals surface area contributed by atoms with Crippen molar-refractivity contribution in [2.75, 3.05) is 32.7 Å². The second kappa shape index (κ2) is 11.1. The summed E-state index contributed by atoms with van der Waals surface area (Å²) in [6, 6.07) is 7.91. The Morgan fingerprint density at radius 1 is 1.20 bits per heavy atom. The monoisotopic (exact) mass is 346 g/mol. The van der Waals surface area contributed by atoms with E-state index in [-0.39, 0.29) is 6.61 Å². The van der Waals surface area contributed by atoms with E-state index in [1.54, 1.807) is 0 Å². The highest BCUT2D eigenvalue weighted by molar-refractivity contribution is 5.79. The first kappa shape index (κ1) is 19.7. The lowest BCUT2D eigenvalue weighted by Gasteiger charge is -2.30. The Labute approximate surface area is 152 Å². The lowest BCUT2D eigenvalue weighted by atomic mass is 9.99. The van der Waals surface area contributed by atoms with E-state index < -0.39 is 0 Å². The highest BCUT2D eigenvalue weighted by Crippen LogP contribution is 2.15. The van der Waals surface area contributed by atoms with Crippen LogP contribution >= 0.6 is 0 Å². The van der Waals surface area contributed by atoms with E-state index in [1.807, 2.05) is 24.3 Å². The maximum absolute atomic E-state index is 9.42. The van der Waals surface area contributed by atoms with Gasteiger partial charge in [0.1, 0.15) is 0 Å². The van der Waals surface area contributed by atoms with Gasteiger partial charge >= 0.3 is 0 Å². The third-order valence-corrected chi connectivity index (χ3v) is 4.86. The zero-order valence-electron chi connectivity index (χ0n) is 15.8. The fraction of sp³-hybridized carbons (Fsp3) is 0.650. The van der Waals surface area contributed by atoms with Crippen molar-refractivity contribution < 1.29 is 5.11 Å². The van der Waals surface area contributed by atoms with Crippen molar-refractivity contribution in [1.29, 1.82) is 0 Å². The predicted molar refractivity (Wildman–Crippen MR) is 105 cm³/mol. The number of hydrogen-bond donors (Lipinski definition) is 3. The van der Waals surface area contributed by atoms with Gasteiger partial charge in [0.2, 0.25) is 0 Å². The van der Waals surface area contributed by atoms with Crippen LogP contribution in [0, 0.1) is 5.92 Å². The zero-order valence-corrected chi connectivity index (χ0v) is 15.8. The normalized spacial score (nSPS) is 16.8. The van der Waals surface area contributed by atoms with Gasteiger partial charge in [0.05, 0.1) is 13.2 Å². The number of nitrogens with zero attached hydrogens (tertiary/aromatic N) is 2. The summed E-state index contributed by atoms with van der Waals surface area (Å²) in [4.78, 5) is 7.23. The van der Waals surface area contributed by atoms with Crippen LogP contribution in [0.4, 0.5) is 0 Å². The van der Waals surface area contributed by atoms with Crippen molar-refractivity contribution in [3.05, 3.63) is 35.4 Å². The first-order valence-electron chi connectivity index (χ1n) is 9.65. The summed E-state index contributed by atoms with van der Waals surface area (Å²) in [6.07, 6.45) is 3.80. The fourth-order valence-electron chi connectivity index (χ4n) is 3.17. The van der Waals surface area contributed by atoms with Crippen LogP contribution in [0.5, 0.6) is 0 Å². The molecule has 0 atom stereocenters. The topological polar surface area (TPSA) is 59.9 Å². The summed E-state index contributed by atoms with van der Waals surface area (Å²) in [5.41, 5.74) is 2.02. The lowest BCUT2D eigenvalue weighted by molar-refractivity contribution is 0.191. The Hall–Kier alpha value is -1.59. The Balaban J connectivity index is 1.75. The molecule has 1 saturated heterocycles. The Morgan fingerprint density at radius 3 is 2.60 bits per heavy atom. The van der Waals surface area contributed by atoms with Crippen molar-refractivity contribution in [3.63, 3.8) is 0 Å². The molecule has 1 heterocycles. The molecule has 0 unspecified atom stereocenters. The molecule has 25 heavy (non-hydrogen) atoms. The first-order chi connectivity index (χ1) is 12.2. The Kier molecular flexibility index (Phi) is 8.77. The van der Waals surface area contributed by atoms with Gasteiger partial charge in [0, 0.05) is 13.1 Å². The molecule has 140 valence electrons. The van der Waals surface area contributed by atoms with Crippen LogP contribution in [-0.2, 0) is 13.2 Å². The number of aliphatic imine (C=N–C) groups is 1. The van der Waals surface area contributed by atoms with E-state index in [0.29, 0.717) is 6.54 Å². The number of aliphatic hydroxyl groups excluding tert-OH is 1. The summed E-state index contributed by atoms with van der Waals surface area (Å²) in [6.45, 7) is 10.5. The lowest BCUT2D eigenvalue weighted by Crippen LogP contribution is -2.39. The summed E-state index contributed by atoms with van der Waals surface area (Å²) in [5, 5.41) is 16.1. The van der Waals surface area contributed by atoms with E-state index in [4.69, 9.17) is 0 Å². The summed E-state index contributed by atoms with van der Waals surface area (Å²) in [7, 11) is 0. The molecule has 1 fully saturated rings. The summed E-state index contributed by atoms with van der Waals surface area (Å²) >= 11 is 0. The molecular weight excluding hydrogens is 312 g/mol. The minimum atomic E-state index is 0.0596. The molecule has 0 aromatic heterocycles. The van der Waals surface area contributed by atoms with E-state index in [0.717, 1.165) is 49.1 Å². The van der Waals surface area contributed by atoms with Crippen LogP contribution < -0.4 is 10.6 Å². The molecule has 0 spiro atoms. The van der Waals surface area contributed by atoms with Crippen LogP contribution in [0.2, 0.25) is 0 Å². The summed E-state index contributed by atoms with van der Waals surface area (Å²) in [5.74, 6) is 1.74. The number of likely N-dealkylation sites (tertiary alicyclic amines) is 1. The largest absolute Gasteiger partial charge is 0.392 e. The van der Waals surface area contributed by atoms with E-state index in [1.165, 1.54) is 25.9 Å². The van der Waals surface area contributed by atoms with E-state index in [9.17, 15) is 5.11 Å². The van der Waals surface area contributed by atoms with Crippen molar-refractivity contribution in [3.8, 4) is 0 Å². The van der Waals surface area contributed by atoms with Gasteiger partial charge in [0.15, 0.2) is 5.96 Å². The van der Waals surface area contributed by atoms with Crippen molar-refractivity contribution in [2.24, 2.45) is 10.9 Å². The molecule has 0 aliphatic carbocycles. The van der Waals surface area contributed by atoms with Crippen molar-refractivity contribution in [2.45, 2.75) is 46.3 Å². The number of rotatable bonds is 8. The molecule has 0 radical (unpaired) electrons. The van der Waals surface area contributed by atoms with Gasteiger partial charge in [-0.05, 0) is 62.9 Å². The summed E-state index contributed by atoms with van der Waals surface area (Å²) < 4.78 is 0. The minimum absolute atomic E-state index is 0.0596. The molecule has 2 rings (SSSR count). The number of benzene rings is 1. The number of guanidine groups is 1. The van der Waals surface area contributed by atoms with Gasteiger partial charge in [0.25, 0.3) is 0 Å². The molecule has 1 aliphatic rings. The molecular formula is C20H34N4O. The van der Waals surface area contributed by atoms with Crippen LogP contribution in [0.15, 0.2) is 29.3 Å². The smallest absolute Gasteiger partial charge is 0.191 e. The van der Waals surface area contributed by atoms with Gasteiger partial charge in [-0.1, -0.05) is 31.2 Å². The second-order valence-electron chi connectivity index (χ2n) is 6.93. The molecule has 3 N–H and O–H groups in total. The van der Waals surface area contributed by atoms with Crippen LogP contribution in [0.1, 0.15) is 44.2 Å². The number of nitrogens with one attached hydrogen (secondary N) is 2. The Bertz CT molecular complexity index is 524. The highest BCUT2D eigenvalue weighted by atomic mass is 16.3. The average Bonchev–Trinajstić information content (AvgIpc) is 2.64. The highest BCUT2D eigenvalue weighted by Gasteiger charge is 2.14. The molecule has 5 nitrogen and oxygen atoms in total. The van der Waals surface area contributed by atoms with E-state index in [2.05, 4.69) is 34.4 Å². The molecule has 0 saturated carbocycles. The first-order valence-corrected chi connectivity index (χ1v) is 9.65. The van der Waals surface area contributed by atoms with Gasteiger partial charge in [-0.25, -0.2) is 4.99 Å². The van der Waals surface area contributed by atoms with Gasteiger partial charge in [-0.3, -0.25) is 0 Å². The SMILES string of the molecule is CCNC(=NCc1ccccc1CO)NCCCN1CCC(C)CC1. The van der Waals surface area contributed by atoms with Crippen LogP contribution in [0.3, 0.4) is 0 Å². The van der Waals surface area contributed by atoms with Crippen molar-refractivity contribution >= 4 is 5.96 Å². The zero-order chi connectivity index (χ0) is 17.9. The number of aliphatic hydroxyl groups is 1. The molecule has 5 heteroatoms. The molecule has 1 aliphatic heterocycles. The predicted octanol–water partition coefficient (Wildman–Crippen LogP) is 2.36. The number of hydrogen-bond acceptors (Lipinski definition) is 3. The second-order valence-corrected chi connectivity index (χ2v) is 6.93. The number of piperidine rings is 1. The molecule has 1 aromatic carbocycles. The van der Waals surface area contributed by atoms with Gasteiger partial charge in [-0.15, -0.1) is 0 Å². The van der Waals surface area contributed by atoms with Gasteiger partial charge in [-0.2, -0.15) is 0 Å². The maximum atomic E-state index is 9.42. The Morgan fingerprint density at radius 2 is 1.92 bits per heavy atom. The molecule has 0 amide bonds. The third kappa shape index (κ3) is 7.04. The minimum Gasteiger partial charge on any atom is -0.392 e. The standard InChI is InChI=1S/C20H34N4O/c1-3-21-20(23-15-18-7-4-5-8-19(18)16-25)22-11-6-12-24-13-9-17(2)10-14-24/h4-5,7-8,17,25H,3,6,9-16H2,1-2H3,(H2,21,22,23). The average molecular weight is 347 g/mol. The quantitative estimate of drug-likeness (QED) is 0.384. The van der Waals surface area contributed by atoms with Crippen LogP contribution in [0.25, 0.3) is 0 Å². The third-order valence-electron chi connectivity index (χ3n) is 4.86. The molecule has 0 bridgehead atoms. The maximum Gasteiger partial charge on any atom is 0.191 e. The van der Waals surface area contributed by atoms with Crippen LogP contribution in [-0.4, -0.2) is 48.7 Å². The van der Waals surface area contributed by atoms with Crippen molar-refractivity contribution in [1.82, 2.24) is 15.5 Å². The fourth-order valence-corrected chi connectivity index (χ4v) is 3.17. The molecule has 1 aromatic rings. The van der Waals surface area contributed by atoms with E-state index >= 15 is 0 Å². The van der Waals surface area contributed by atoms with Gasteiger partial charge < -0.3 is 20.6 Å².